The largest absolute Gasteiger partial charge is 0.451 e. The summed E-state index contributed by atoms with van der Waals surface area (Å²) in [5.41, 5.74) is 0.0598. The fourth-order valence-electron chi connectivity index (χ4n) is 2.60. The van der Waals surface area contributed by atoms with Gasteiger partial charge in [0.1, 0.15) is 5.76 Å². The summed E-state index contributed by atoms with van der Waals surface area (Å²) in [5.74, 6) is -0.844. The van der Waals surface area contributed by atoms with Gasteiger partial charge in [-0.25, -0.2) is 0 Å². The number of benzene rings is 2. The van der Waals surface area contributed by atoms with Crippen molar-refractivity contribution in [3.8, 4) is 11.3 Å². The molecule has 0 atom stereocenters. The van der Waals surface area contributed by atoms with Crippen LogP contribution in [0, 0.1) is 0 Å². The van der Waals surface area contributed by atoms with Crippen LogP contribution in [0.5, 0.6) is 0 Å². The molecular formula is C21H16ClF3N2O3. The van der Waals surface area contributed by atoms with Crippen molar-refractivity contribution in [1.82, 2.24) is 0 Å². The Labute approximate surface area is 174 Å². The summed E-state index contributed by atoms with van der Waals surface area (Å²) < 4.78 is 44.1. The molecular weight excluding hydrogens is 421 g/mol. The van der Waals surface area contributed by atoms with Gasteiger partial charge in [0.25, 0.3) is 5.91 Å². The zero-order valence-electron chi connectivity index (χ0n) is 15.6. The minimum absolute atomic E-state index is 0.110. The molecule has 2 aromatic carbocycles. The third-order valence-electron chi connectivity index (χ3n) is 4.12. The molecule has 0 aliphatic heterocycles. The predicted molar refractivity (Wildman–Crippen MR) is 107 cm³/mol. The van der Waals surface area contributed by atoms with E-state index in [-0.39, 0.29) is 40.1 Å². The van der Waals surface area contributed by atoms with E-state index in [0.717, 1.165) is 12.1 Å². The van der Waals surface area contributed by atoms with E-state index in [1.807, 2.05) is 0 Å². The molecule has 9 heteroatoms. The molecule has 0 spiro atoms. The number of carbonyl (C=O) groups excluding carboxylic acids is 2. The van der Waals surface area contributed by atoms with Crippen LogP contribution in [0.15, 0.2) is 59.0 Å². The van der Waals surface area contributed by atoms with Crippen LogP contribution in [-0.4, -0.2) is 11.8 Å². The van der Waals surface area contributed by atoms with Crippen molar-refractivity contribution in [3.63, 3.8) is 0 Å². The highest BCUT2D eigenvalue weighted by atomic mass is 35.5. The van der Waals surface area contributed by atoms with E-state index in [1.54, 1.807) is 13.0 Å². The van der Waals surface area contributed by atoms with Crippen molar-refractivity contribution in [3.05, 3.63) is 70.9 Å². The zero-order valence-corrected chi connectivity index (χ0v) is 16.4. The summed E-state index contributed by atoms with van der Waals surface area (Å²) >= 11 is 6.09. The van der Waals surface area contributed by atoms with E-state index < -0.39 is 17.6 Å². The summed E-state index contributed by atoms with van der Waals surface area (Å²) in [6.45, 7) is 1.70. The fourth-order valence-corrected chi connectivity index (χ4v) is 2.76. The minimum Gasteiger partial charge on any atom is -0.451 e. The SMILES string of the molecule is CCC(=O)Nc1ccc(Cl)c(NC(=O)c2ccc(-c3cccc(C(F)(F)F)c3)o2)c1. The van der Waals surface area contributed by atoms with E-state index in [2.05, 4.69) is 10.6 Å². The Balaban J connectivity index is 1.79. The molecule has 1 heterocycles. The van der Waals surface area contributed by atoms with Crippen molar-refractivity contribution in [2.75, 3.05) is 10.6 Å². The quantitative estimate of drug-likeness (QED) is 0.498. The molecule has 0 fully saturated rings. The average Bonchev–Trinajstić information content (AvgIpc) is 3.20. The van der Waals surface area contributed by atoms with Crippen LogP contribution in [0.4, 0.5) is 24.5 Å². The molecule has 0 aliphatic rings. The molecule has 0 radical (unpaired) electrons. The number of alkyl halides is 3. The van der Waals surface area contributed by atoms with Gasteiger partial charge in [-0.3, -0.25) is 9.59 Å². The Morgan fingerprint density at radius 2 is 1.80 bits per heavy atom. The molecule has 0 saturated carbocycles. The van der Waals surface area contributed by atoms with Crippen molar-refractivity contribution >= 4 is 34.8 Å². The van der Waals surface area contributed by atoms with Gasteiger partial charge in [0.2, 0.25) is 5.91 Å². The Morgan fingerprint density at radius 3 is 2.50 bits per heavy atom. The highest BCUT2D eigenvalue weighted by molar-refractivity contribution is 6.34. The maximum absolute atomic E-state index is 12.9. The first kappa shape index (κ1) is 21.4. The van der Waals surface area contributed by atoms with Crippen LogP contribution >= 0.6 is 11.6 Å². The molecule has 3 rings (SSSR count). The number of anilines is 2. The summed E-state index contributed by atoms with van der Waals surface area (Å²) in [6.07, 6.45) is -4.20. The molecule has 1 aromatic heterocycles. The number of hydrogen-bond donors (Lipinski definition) is 2. The summed E-state index contributed by atoms with van der Waals surface area (Å²) in [4.78, 5) is 24.0. The number of hydrogen-bond acceptors (Lipinski definition) is 3. The monoisotopic (exact) mass is 436 g/mol. The van der Waals surface area contributed by atoms with Crippen LogP contribution < -0.4 is 10.6 Å². The van der Waals surface area contributed by atoms with Gasteiger partial charge in [-0.2, -0.15) is 13.2 Å². The number of halogens is 4. The van der Waals surface area contributed by atoms with E-state index >= 15 is 0 Å². The first-order valence-electron chi connectivity index (χ1n) is 8.85. The lowest BCUT2D eigenvalue weighted by Gasteiger charge is -2.09. The molecule has 2 N–H and O–H groups in total. The second kappa shape index (κ2) is 8.62. The van der Waals surface area contributed by atoms with E-state index in [0.29, 0.717) is 5.69 Å². The smallest absolute Gasteiger partial charge is 0.416 e. The van der Waals surface area contributed by atoms with Crippen molar-refractivity contribution in [1.29, 1.82) is 0 Å². The number of nitrogens with one attached hydrogen (secondary N) is 2. The average molecular weight is 437 g/mol. The third kappa shape index (κ3) is 5.01. The van der Waals surface area contributed by atoms with Gasteiger partial charge in [-0.15, -0.1) is 0 Å². The molecule has 5 nitrogen and oxygen atoms in total. The summed E-state index contributed by atoms with van der Waals surface area (Å²) in [6, 6.07) is 11.9. The number of carbonyl (C=O) groups is 2. The third-order valence-corrected chi connectivity index (χ3v) is 4.45. The van der Waals surface area contributed by atoms with Gasteiger partial charge in [0, 0.05) is 17.7 Å². The maximum Gasteiger partial charge on any atom is 0.416 e. The number of furan rings is 1. The van der Waals surface area contributed by atoms with Crippen LogP contribution in [0.1, 0.15) is 29.5 Å². The van der Waals surface area contributed by atoms with Crippen molar-refractivity contribution in [2.45, 2.75) is 19.5 Å². The highest BCUT2D eigenvalue weighted by Gasteiger charge is 2.30. The van der Waals surface area contributed by atoms with E-state index in [9.17, 15) is 22.8 Å². The highest BCUT2D eigenvalue weighted by Crippen LogP contribution is 2.33. The lowest BCUT2D eigenvalue weighted by Crippen LogP contribution is -2.13. The van der Waals surface area contributed by atoms with Crippen LogP contribution in [-0.2, 0) is 11.0 Å². The van der Waals surface area contributed by atoms with E-state index in [1.165, 1.54) is 36.4 Å². The van der Waals surface area contributed by atoms with Gasteiger partial charge in [-0.1, -0.05) is 30.7 Å². The van der Waals surface area contributed by atoms with Gasteiger partial charge in [0.05, 0.1) is 16.3 Å². The van der Waals surface area contributed by atoms with E-state index in [4.69, 9.17) is 16.0 Å². The molecule has 0 saturated heterocycles. The lowest BCUT2D eigenvalue weighted by molar-refractivity contribution is -0.137. The standard InChI is InChI=1S/C21H16ClF3N2O3/c1-2-19(28)26-14-6-7-15(22)16(11-14)27-20(29)18-9-8-17(30-18)12-4-3-5-13(10-12)21(23,24)25/h3-11H,2H2,1H3,(H,26,28)(H,27,29). The molecule has 0 bridgehead atoms. The molecule has 156 valence electrons. The van der Waals surface area contributed by atoms with Gasteiger partial charge in [0.15, 0.2) is 5.76 Å². The first-order chi connectivity index (χ1) is 14.2. The number of rotatable bonds is 5. The number of amides is 2. The topological polar surface area (TPSA) is 71.3 Å². The normalized spacial score (nSPS) is 11.2. The van der Waals surface area contributed by atoms with Gasteiger partial charge >= 0.3 is 6.18 Å². The lowest BCUT2D eigenvalue weighted by atomic mass is 10.1. The maximum atomic E-state index is 12.9. The summed E-state index contributed by atoms with van der Waals surface area (Å²) in [7, 11) is 0. The van der Waals surface area contributed by atoms with Crippen LogP contribution in [0.2, 0.25) is 5.02 Å². The van der Waals surface area contributed by atoms with Crippen LogP contribution in [0.25, 0.3) is 11.3 Å². The minimum atomic E-state index is -4.49. The first-order valence-corrected chi connectivity index (χ1v) is 9.23. The Hall–Kier alpha value is -3.26. The van der Waals surface area contributed by atoms with Crippen LogP contribution in [0.3, 0.4) is 0 Å². The van der Waals surface area contributed by atoms with Crippen molar-refractivity contribution in [2.24, 2.45) is 0 Å². The molecule has 3 aromatic rings. The summed E-state index contributed by atoms with van der Waals surface area (Å²) in [5, 5.41) is 5.45. The second-order valence-electron chi connectivity index (χ2n) is 6.29. The predicted octanol–water partition coefficient (Wildman–Crippen LogP) is 6.22. The van der Waals surface area contributed by atoms with Gasteiger partial charge < -0.3 is 15.1 Å². The Bertz CT molecular complexity index is 1090. The zero-order chi connectivity index (χ0) is 21.9. The van der Waals surface area contributed by atoms with Crippen molar-refractivity contribution < 1.29 is 27.2 Å². The fraction of sp³-hybridized carbons (Fsp3) is 0.143. The molecule has 2 amide bonds. The molecule has 30 heavy (non-hydrogen) atoms. The second-order valence-corrected chi connectivity index (χ2v) is 6.70. The van der Waals surface area contributed by atoms with Gasteiger partial charge in [-0.05, 0) is 42.5 Å². The Kier molecular flexibility index (Phi) is 6.17. The molecule has 0 unspecified atom stereocenters. The Morgan fingerprint density at radius 1 is 1.03 bits per heavy atom. The molecule has 0 aliphatic carbocycles.